The van der Waals surface area contributed by atoms with Crippen LogP contribution in [0.25, 0.3) is 4.85 Å². The Bertz CT molecular complexity index is 1800. The number of ether oxygens (including phenoxy) is 2. The molecule has 5 rings (SSSR count). The Morgan fingerprint density at radius 3 is 2.45 bits per heavy atom. The van der Waals surface area contributed by atoms with E-state index in [2.05, 4.69) is 4.85 Å². The van der Waals surface area contributed by atoms with E-state index in [1.807, 2.05) is 4.90 Å². The Morgan fingerprint density at radius 1 is 1.06 bits per heavy atom. The molecule has 3 aromatic rings. The molecule has 2 heterocycles. The lowest BCUT2D eigenvalue weighted by atomic mass is 10.1. The number of amides is 2. The fourth-order valence-electron chi connectivity index (χ4n) is 5.95. The number of hydrogen-bond acceptors (Lipinski definition) is 7. The van der Waals surface area contributed by atoms with Gasteiger partial charge < -0.3 is 25.0 Å². The molecule has 2 aliphatic heterocycles. The van der Waals surface area contributed by atoms with E-state index in [-0.39, 0.29) is 58.7 Å². The highest BCUT2D eigenvalue weighted by Gasteiger charge is 2.37. The molecule has 13 heteroatoms. The SMILES string of the molecule is [C-]#[N+]c1ccc(N2CCC(Sc3cc(F)c(COc4cccc5c4CN([C@@H](CCC(=O)OC(C)(C)C)C(N)=O)C5=O)cc3F)CC2)c(F)c1. The van der Waals surface area contributed by atoms with Crippen molar-refractivity contribution in [1.82, 2.24) is 4.90 Å². The van der Waals surface area contributed by atoms with Gasteiger partial charge in [0.1, 0.15) is 41.5 Å². The fraction of sp³-hybridized carbons (Fsp3) is 0.389. The lowest BCUT2D eigenvalue weighted by Crippen LogP contribution is -2.45. The molecule has 9 nitrogen and oxygen atoms in total. The number of fused-ring (bicyclic) bond motifs is 1. The quantitative estimate of drug-likeness (QED) is 0.172. The predicted octanol–water partition coefficient (Wildman–Crippen LogP) is 6.93. The molecule has 2 aliphatic rings. The summed E-state index contributed by atoms with van der Waals surface area (Å²) in [4.78, 5) is 44.5. The van der Waals surface area contributed by atoms with Gasteiger partial charge >= 0.3 is 5.97 Å². The van der Waals surface area contributed by atoms with Gasteiger partial charge in [-0.15, -0.1) is 11.8 Å². The second-order valence-electron chi connectivity index (χ2n) is 13.0. The van der Waals surface area contributed by atoms with E-state index in [1.54, 1.807) is 51.1 Å². The number of rotatable bonds is 11. The summed E-state index contributed by atoms with van der Waals surface area (Å²) in [6, 6.07) is 10.3. The van der Waals surface area contributed by atoms with Gasteiger partial charge in [0.2, 0.25) is 5.91 Å². The third-order valence-corrected chi connectivity index (χ3v) is 9.69. The van der Waals surface area contributed by atoms with E-state index >= 15 is 8.78 Å². The van der Waals surface area contributed by atoms with Crippen molar-refractivity contribution in [2.24, 2.45) is 5.73 Å². The number of esters is 1. The molecule has 3 aromatic carbocycles. The molecule has 0 radical (unpaired) electrons. The van der Waals surface area contributed by atoms with E-state index in [1.165, 1.54) is 22.7 Å². The summed E-state index contributed by atoms with van der Waals surface area (Å²) in [5.41, 5.74) is 6.32. The van der Waals surface area contributed by atoms with Crippen LogP contribution in [0.5, 0.6) is 5.75 Å². The molecule has 49 heavy (non-hydrogen) atoms. The predicted molar refractivity (Wildman–Crippen MR) is 179 cm³/mol. The lowest BCUT2D eigenvalue weighted by molar-refractivity contribution is -0.155. The van der Waals surface area contributed by atoms with Crippen molar-refractivity contribution < 1.29 is 37.0 Å². The number of carbonyl (C=O) groups excluding carboxylic acids is 3. The van der Waals surface area contributed by atoms with Gasteiger partial charge in [-0.3, -0.25) is 14.4 Å². The third-order valence-electron chi connectivity index (χ3n) is 8.32. The Morgan fingerprint density at radius 2 is 1.80 bits per heavy atom. The molecule has 2 N–H and O–H groups in total. The van der Waals surface area contributed by atoms with E-state index in [0.29, 0.717) is 37.2 Å². The van der Waals surface area contributed by atoms with Gasteiger partial charge in [0.15, 0.2) is 5.69 Å². The van der Waals surface area contributed by atoms with Crippen LogP contribution in [0.2, 0.25) is 0 Å². The summed E-state index contributed by atoms with van der Waals surface area (Å²) in [5.74, 6) is -3.18. The number of primary amides is 1. The highest BCUT2D eigenvalue weighted by molar-refractivity contribution is 8.00. The second-order valence-corrected chi connectivity index (χ2v) is 14.3. The Labute approximate surface area is 287 Å². The van der Waals surface area contributed by atoms with Gasteiger partial charge in [0.05, 0.1) is 18.8 Å². The first-order valence-corrected chi connectivity index (χ1v) is 16.8. The molecule has 0 saturated carbocycles. The molecular formula is C36H37F3N4O5S. The van der Waals surface area contributed by atoms with Crippen LogP contribution in [0, 0.1) is 24.0 Å². The number of thioether (sulfide) groups is 1. The number of nitrogens with two attached hydrogens (primary N) is 1. The highest BCUT2D eigenvalue weighted by atomic mass is 32.2. The van der Waals surface area contributed by atoms with Crippen molar-refractivity contribution in [1.29, 1.82) is 0 Å². The molecule has 0 aliphatic carbocycles. The highest BCUT2D eigenvalue weighted by Crippen LogP contribution is 2.37. The third kappa shape index (κ3) is 8.48. The topological polar surface area (TPSA) is 107 Å². The van der Waals surface area contributed by atoms with E-state index < -0.39 is 46.9 Å². The zero-order chi connectivity index (χ0) is 35.5. The largest absolute Gasteiger partial charge is 0.488 e. The monoisotopic (exact) mass is 694 g/mol. The van der Waals surface area contributed by atoms with Crippen LogP contribution in [0.3, 0.4) is 0 Å². The summed E-state index contributed by atoms with van der Waals surface area (Å²) in [6.07, 6.45) is 1.12. The molecule has 0 aromatic heterocycles. The molecule has 0 spiro atoms. The van der Waals surface area contributed by atoms with Crippen LogP contribution >= 0.6 is 11.8 Å². The number of piperidine rings is 1. The standard InChI is InChI=1S/C36H37F3N4O5S/c1-36(2,3)48-33(44)11-10-30(34(40)45)43-19-25-24(35(43)46)6-5-7-31(25)47-20-21-16-28(39)32(18-26(21)37)49-23-12-14-42(15-13-23)29-9-8-22(41-4)17-27(29)38/h5-9,16-18,23,30H,10-15,19-20H2,1-3H3,(H2,40,45)/t30-/m0/s1. The van der Waals surface area contributed by atoms with Crippen molar-refractivity contribution in [3.05, 3.63) is 94.1 Å². The van der Waals surface area contributed by atoms with E-state index in [9.17, 15) is 18.8 Å². The van der Waals surface area contributed by atoms with Gasteiger partial charge in [-0.05, 0) is 76.4 Å². The fourth-order valence-corrected chi connectivity index (χ4v) is 7.10. The number of hydrogen-bond donors (Lipinski definition) is 1. The summed E-state index contributed by atoms with van der Waals surface area (Å²) in [5, 5.41) is -0.00132. The first-order chi connectivity index (χ1) is 23.2. The molecule has 1 saturated heterocycles. The number of anilines is 1. The lowest BCUT2D eigenvalue weighted by Gasteiger charge is -2.33. The normalized spacial score (nSPS) is 15.5. The molecular weight excluding hydrogens is 657 g/mol. The van der Waals surface area contributed by atoms with Gasteiger partial charge in [-0.25, -0.2) is 18.0 Å². The average Bonchev–Trinajstić information content (AvgIpc) is 3.37. The molecule has 1 fully saturated rings. The van der Waals surface area contributed by atoms with Gasteiger partial charge in [0.25, 0.3) is 5.91 Å². The minimum Gasteiger partial charge on any atom is -0.488 e. The average molecular weight is 695 g/mol. The number of nitrogens with zero attached hydrogens (tertiary/aromatic N) is 3. The second kappa shape index (κ2) is 14.8. The maximum absolute atomic E-state index is 15.2. The molecule has 2 amide bonds. The summed E-state index contributed by atoms with van der Waals surface area (Å²) < 4.78 is 56.2. The van der Waals surface area contributed by atoms with Crippen molar-refractivity contribution >= 4 is 40.9 Å². The molecule has 1 atom stereocenters. The van der Waals surface area contributed by atoms with Gasteiger partial charge in [-0.1, -0.05) is 12.1 Å². The number of carbonyl (C=O) groups is 3. The Balaban J connectivity index is 1.20. The minimum absolute atomic E-state index is 0.00132. The smallest absolute Gasteiger partial charge is 0.306 e. The minimum atomic E-state index is -1.07. The Kier molecular flexibility index (Phi) is 10.8. The van der Waals surface area contributed by atoms with E-state index in [4.69, 9.17) is 21.8 Å². The maximum atomic E-state index is 15.2. The van der Waals surface area contributed by atoms with Crippen molar-refractivity contribution in [3.8, 4) is 5.75 Å². The zero-order valence-electron chi connectivity index (χ0n) is 27.4. The van der Waals surface area contributed by atoms with Crippen LogP contribution in [0.15, 0.2) is 53.4 Å². The van der Waals surface area contributed by atoms with Crippen molar-refractivity contribution in [2.45, 2.75) is 81.4 Å². The Hall–Kier alpha value is -4.70. The molecule has 258 valence electrons. The molecule has 0 unspecified atom stereocenters. The summed E-state index contributed by atoms with van der Waals surface area (Å²) in [7, 11) is 0. The number of benzene rings is 3. The van der Waals surface area contributed by atoms with Gasteiger partial charge in [-0.2, -0.15) is 0 Å². The van der Waals surface area contributed by atoms with Crippen LogP contribution in [0.4, 0.5) is 24.5 Å². The summed E-state index contributed by atoms with van der Waals surface area (Å²) >= 11 is 1.24. The van der Waals surface area contributed by atoms with Crippen LogP contribution in [0.1, 0.15) is 67.9 Å². The van der Waals surface area contributed by atoms with E-state index in [0.717, 1.165) is 12.1 Å². The van der Waals surface area contributed by atoms with Crippen LogP contribution in [-0.4, -0.2) is 52.7 Å². The maximum Gasteiger partial charge on any atom is 0.306 e. The van der Waals surface area contributed by atoms with Crippen molar-refractivity contribution in [2.75, 3.05) is 18.0 Å². The van der Waals surface area contributed by atoms with Crippen LogP contribution in [-0.2, 0) is 27.5 Å². The molecule has 0 bridgehead atoms. The van der Waals surface area contributed by atoms with Gasteiger partial charge in [0, 0.05) is 46.3 Å². The van der Waals surface area contributed by atoms with Crippen LogP contribution < -0.4 is 15.4 Å². The zero-order valence-corrected chi connectivity index (χ0v) is 28.2. The summed E-state index contributed by atoms with van der Waals surface area (Å²) in [6.45, 7) is 13.0. The first-order valence-electron chi connectivity index (χ1n) is 15.9. The van der Waals surface area contributed by atoms with Crippen molar-refractivity contribution in [3.63, 3.8) is 0 Å². The first kappa shape index (κ1) is 35.6. The number of halogens is 3.